The molecule has 1 amide bonds. The smallest absolute Gasteiger partial charge is 0.331 e. The number of para-hydroxylation sites is 1. The number of rotatable bonds is 9. The summed E-state index contributed by atoms with van der Waals surface area (Å²) in [4.78, 5) is 25.0. The molecule has 1 N–H and O–H groups in total. The molecule has 31 heavy (non-hydrogen) atoms. The number of hydrogen-bond donors (Lipinski definition) is 1. The van der Waals surface area contributed by atoms with Gasteiger partial charge < -0.3 is 10.1 Å². The molecule has 2 aromatic carbocycles. The Morgan fingerprint density at radius 1 is 1.06 bits per heavy atom. The highest BCUT2D eigenvalue weighted by molar-refractivity contribution is 7.99. The molecular weight excluding hydrogens is 410 g/mol. The zero-order valence-corrected chi connectivity index (χ0v) is 18.4. The highest BCUT2D eigenvalue weighted by atomic mass is 32.2. The zero-order valence-electron chi connectivity index (χ0n) is 17.6. The first kappa shape index (κ1) is 22.4. The summed E-state index contributed by atoms with van der Waals surface area (Å²) in [5.41, 5.74) is 3.52. The van der Waals surface area contributed by atoms with Crippen LogP contribution in [0.15, 0.2) is 71.6 Å². The predicted molar refractivity (Wildman–Crippen MR) is 123 cm³/mol. The molecule has 0 aliphatic carbocycles. The number of nitrogens with one attached hydrogen (secondary N) is 1. The number of aryl methyl sites for hydroxylation is 1. The molecule has 160 valence electrons. The third kappa shape index (κ3) is 6.58. The van der Waals surface area contributed by atoms with Gasteiger partial charge in [0.15, 0.2) is 6.61 Å². The molecule has 0 aliphatic rings. The first-order valence-corrected chi connectivity index (χ1v) is 10.9. The van der Waals surface area contributed by atoms with Crippen molar-refractivity contribution in [1.82, 2.24) is 15.1 Å². The lowest BCUT2D eigenvalue weighted by molar-refractivity contribution is -0.143. The average Bonchev–Trinajstić information content (AvgIpc) is 3.08. The summed E-state index contributed by atoms with van der Waals surface area (Å²) in [6.45, 7) is 4.03. The van der Waals surface area contributed by atoms with E-state index in [1.54, 1.807) is 17.8 Å². The number of thioether (sulfide) groups is 1. The first-order valence-electron chi connectivity index (χ1n) is 9.95. The Kier molecular flexibility index (Phi) is 8.06. The molecule has 0 fully saturated rings. The maximum atomic E-state index is 12.0. The summed E-state index contributed by atoms with van der Waals surface area (Å²) in [6, 6.07) is 19.7. The minimum atomic E-state index is -0.569. The van der Waals surface area contributed by atoms with Gasteiger partial charge in [-0.3, -0.25) is 4.79 Å². The van der Waals surface area contributed by atoms with Crippen molar-refractivity contribution < 1.29 is 14.3 Å². The van der Waals surface area contributed by atoms with Gasteiger partial charge in [-0.2, -0.15) is 5.10 Å². The van der Waals surface area contributed by atoms with Gasteiger partial charge in [0.1, 0.15) is 0 Å². The Bertz CT molecular complexity index is 1050. The predicted octanol–water partition coefficient (Wildman–Crippen LogP) is 3.95. The van der Waals surface area contributed by atoms with Crippen LogP contribution in [-0.2, 0) is 14.3 Å². The van der Waals surface area contributed by atoms with Crippen LogP contribution in [0.25, 0.3) is 11.8 Å². The van der Waals surface area contributed by atoms with E-state index in [9.17, 15) is 9.59 Å². The molecule has 0 saturated carbocycles. The minimum Gasteiger partial charge on any atom is -0.452 e. The molecule has 3 rings (SSSR count). The van der Waals surface area contributed by atoms with Gasteiger partial charge in [0, 0.05) is 34.5 Å². The molecule has 0 spiro atoms. The molecule has 0 radical (unpaired) electrons. The van der Waals surface area contributed by atoms with Gasteiger partial charge in [0.2, 0.25) is 0 Å². The lowest BCUT2D eigenvalue weighted by Crippen LogP contribution is -2.30. The monoisotopic (exact) mass is 435 g/mol. The maximum Gasteiger partial charge on any atom is 0.331 e. The van der Waals surface area contributed by atoms with Crippen LogP contribution < -0.4 is 5.32 Å². The zero-order chi connectivity index (χ0) is 22.1. The van der Waals surface area contributed by atoms with Crippen molar-refractivity contribution in [3.63, 3.8) is 0 Å². The van der Waals surface area contributed by atoms with Crippen molar-refractivity contribution in [1.29, 1.82) is 0 Å². The Morgan fingerprint density at radius 3 is 2.45 bits per heavy atom. The molecule has 1 heterocycles. The van der Waals surface area contributed by atoms with Crippen LogP contribution in [0.5, 0.6) is 0 Å². The fraction of sp³-hybridized carbons (Fsp3) is 0.208. The number of esters is 1. The van der Waals surface area contributed by atoms with Crippen molar-refractivity contribution in [3.8, 4) is 5.69 Å². The van der Waals surface area contributed by atoms with Gasteiger partial charge in [0.25, 0.3) is 5.91 Å². The summed E-state index contributed by atoms with van der Waals surface area (Å²) in [6.07, 6.45) is 3.00. The van der Waals surface area contributed by atoms with Crippen molar-refractivity contribution in [2.45, 2.75) is 18.7 Å². The van der Waals surface area contributed by atoms with Gasteiger partial charge in [-0.25, -0.2) is 9.48 Å². The quantitative estimate of drug-likeness (QED) is 0.238. The first-order chi connectivity index (χ1) is 15.0. The van der Waals surface area contributed by atoms with E-state index in [0.29, 0.717) is 6.54 Å². The number of aromatic nitrogens is 2. The highest BCUT2D eigenvalue weighted by Crippen LogP contribution is 2.19. The van der Waals surface area contributed by atoms with Crippen LogP contribution in [0.2, 0.25) is 0 Å². The fourth-order valence-corrected chi connectivity index (χ4v) is 3.77. The van der Waals surface area contributed by atoms with E-state index in [2.05, 4.69) is 10.4 Å². The van der Waals surface area contributed by atoms with Crippen molar-refractivity contribution in [2.24, 2.45) is 0 Å². The van der Waals surface area contributed by atoms with Gasteiger partial charge >= 0.3 is 5.97 Å². The second kappa shape index (κ2) is 11.2. The molecule has 0 atom stereocenters. The Hall–Kier alpha value is -3.32. The Balaban J connectivity index is 1.44. The number of carbonyl (C=O) groups excluding carboxylic acids is 2. The molecular formula is C24H25N3O3S. The fourth-order valence-electron chi connectivity index (χ4n) is 2.98. The molecule has 7 heteroatoms. The topological polar surface area (TPSA) is 73.2 Å². The SMILES string of the molecule is Cc1nn(-c2ccccc2)c(C)c1/C=C/C(=O)OCC(=O)NCCSc1ccccc1. The molecule has 0 unspecified atom stereocenters. The Labute approximate surface area is 186 Å². The lowest BCUT2D eigenvalue weighted by Gasteiger charge is -2.05. The van der Waals surface area contributed by atoms with E-state index < -0.39 is 5.97 Å². The number of amides is 1. The van der Waals surface area contributed by atoms with E-state index in [4.69, 9.17) is 4.74 Å². The number of ether oxygens (including phenoxy) is 1. The van der Waals surface area contributed by atoms with Gasteiger partial charge in [-0.05, 0) is 44.2 Å². The summed E-state index contributed by atoms with van der Waals surface area (Å²) in [5, 5.41) is 7.29. The van der Waals surface area contributed by atoms with Crippen molar-refractivity contribution in [2.75, 3.05) is 18.9 Å². The van der Waals surface area contributed by atoms with E-state index in [0.717, 1.165) is 33.3 Å². The molecule has 1 aromatic heterocycles. The van der Waals surface area contributed by atoms with Crippen LogP contribution in [0.4, 0.5) is 0 Å². The summed E-state index contributed by atoms with van der Waals surface area (Å²) in [7, 11) is 0. The van der Waals surface area contributed by atoms with Gasteiger partial charge in [-0.15, -0.1) is 11.8 Å². The van der Waals surface area contributed by atoms with E-state index in [-0.39, 0.29) is 12.5 Å². The standard InChI is InChI=1S/C24H25N3O3S/c1-18-22(19(2)27(26-18)20-9-5-3-6-10-20)13-14-24(29)30-17-23(28)25-15-16-31-21-11-7-4-8-12-21/h3-14H,15-17H2,1-2H3,(H,25,28)/b14-13+. The van der Waals surface area contributed by atoms with Gasteiger partial charge in [0.05, 0.1) is 11.4 Å². The third-order valence-electron chi connectivity index (χ3n) is 4.52. The maximum absolute atomic E-state index is 12.0. The number of benzene rings is 2. The third-order valence-corrected chi connectivity index (χ3v) is 5.53. The van der Waals surface area contributed by atoms with E-state index in [1.807, 2.05) is 79.2 Å². The second-order valence-electron chi connectivity index (χ2n) is 6.78. The number of hydrogen-bond acceptors (Lipinski definition) is 5. The summed E-state index contributed by atoms with van der Waals surface area (Å²) in [5.74, 6) is -0.146. The van der Waals surface area contributed by atoms with Gasteiger partial charge in [-0.1, -0.05) is 36.4 Å². The number of carbonyl (C=O) groups is 2. The van der Waals surface area contributed by atoms with Crippen molar-refractivity contribution in [3.05, 3.63) is 83.7 Å². The van der Waals surface area contributed by atoms with Crippen LogP contribution in [0.3, 0.4) is 0 Å². The summed E-state index contributed by atoms with van der Waals surface area (Å²) < 4.78 is 6.87. The second-order valence-corrected chi connectivity index (χ2v) is 7.95. The molecule has 0 aliphatic heterocycles. The Morgan fingerprint density at radius 2 is 1.74 bits per heavy atom. The van der Waals surface area contributed by atoms with Crippen LogP contribution in [-0.4, -0.2) is 40.6 Å². The average molecular weight is 436 g/mol. The molecule has 0 bridgehead atoms. The largest absolute Gasteiger partial charge is 0.452 e. The van der Waals surface area contributed by atoms with Crippen LogP contribution in [0, 0.1) is 13.8 Å². The minimum absolute atomic E-state index is 0.305. The molecule has 3 aromatic rings. The van der Waals surface area contributed by atoms with Crippen LogP contribution in [0.1, 0.15) is 17.0 Å². The number of nitrogens with zero attached hydrogens (tertiary/aromatic N) is 2. The van der Waals surface area contributed by atoms with Crippen molar-refractivity contribution >= 4 is 29.7 Å². The van der Waals surface area contributed by atoms with E-state index >= 15 is 0 Å². The molecule has 0 saturated heterocycles. The normalized spacial score (nSPS) is 10.9. The van der Waals surface area contributed by atoms with Crippen LogP contribution >= 0.6 is 11.8 Å². The lowest BCUT2D eigenvalue weighted by atomic mass is 10.2. The summed E-state index contributed by atoms with van der Waals surface area (Å²) >= 11 is 1.65. The van der Waals surface area contributed by atoms with E-state index in [1.165, 1.54) is 6.08 Å². The molecule has 6 nitrogen and oxygen atoms in total. The highest BCUT2D eigenvalue weighted by Gasteiger charge is 2.11.